The van der Waals surface area contributed by atoms with Gasteiger partial charge in [-0.2, -0.15) is 4.98 Å². The van der Waals surface area contributed by atoms with Gasteiger partial charge in [-0.25, -0.2) is 13.1 Å². The Morgan fingerprint density at radius 2 is 2.36 bits per heavy atom. The number of nitrogens with one attached hydrogen (secondary N) is 1. The van der Waals surface area contributed by atoms with E-state index in [9.17, 15) is 8.42 Å². The van der Waals surface area contributed by atoms with E-state index in [4.69, 9.17) is 9.26 Å². The molecule has 0 aliphatic carbocycles. The molecule has 1 aliphatic heterocycles. The van der Waals surface area contributed by atoms with Gasteiger partial charge in [-0.3, -0.25) is 0 Å². The molecule has 1 N–H and O–H groups in total. The molecule has 1 fully saturated rings. The molecule has 120 valence electrons. The predicted molar refractivity (Wildman–Crippen MR) is 81.8 cm³/mol. The second kappa shape index (κ2) is 6.45. The minimum absolute atomic E-state index is 0.0291. The van der Waals surface area contributed by atoms with Gasteiger partial charge in [-0.15, -0.1) is 11.3 Å². The fourth-order valence-electron chi connectivity index (χ4n) is 2.42. The van der Waals surface area contributed by atoms with Crippen molar-refractivity contribution in [3.8, 4) is 10.8 Å². The first-order valence-corrected chi connectivity index (χ1v) is 9.41. The number of hydrogen-bond donors (Lipinski definition) is 1. The van der Waals surface area contributed by atoms with Crippen molar-refractivity contribution >= 4 is 21.4 Å². The van der Waals surface area contributed by atoms with Crippen molar-refractivity contribution in [2.24, 2.45) is 5.92 Å². The maximum atomic E-state index is 12.4. The summed E-state index contributed by atoms with van der Waals surface area (Å²) in [5.41, 5.74) is 0. The van der Waals surface area contributed by atoms with Crippen LogP contribution in [0.3, 0.4) is 0 Å². The normalized spacial score (nSPS) is 22.8. The topological polar surface area (TPSA) is 94.3 Å². The van der Waals surface area contributed by atoms with Crippen LogP contribution in [0.2, 0.25) is 0 Å². The number of ether oxygens (including phenoxy) is 1. The zero-order valence-corrected chi connectivity index (χ0v) is 13.7. The lowest BCUT2D eigenvalue weighted by Crippen LogP contribution is -2.42. The Morgan fingerprint density at radius 3 is 3.09 bits per heavy atom. The average Bonchev–Trinajstić information content (AvgIpc) is 3.17. The highest BCUT2D eigenvalue weighted by molar-refractivity contribution is 7.90. The lowest BCUT2D eigenvalue weighted by molar-refractivity contribution is 0.0635. The van der Waals surface area contributed by atoms with Crippen molar-refractivity contribution in [3.63, 3.8) is 0 Å². The quantitative estimate of drug-likeness (QED) is 0.887. The molecule has 2 aromatic heterocycles. The molecule has 2 aromatic rings. The summed E-state index contributed by atoms with van der Waals surface area (Å²) in [6, 6.07) is 3.76. The minimum atomic E-state index is -3.42. The van der Waals surface area contributed by atoms with Crippen LogP contribution in [-0.2, 0) is 21.3 Å². The van der Waals surface area contributed by atoms with Crippen LogP contribution in [0.25, 0.3) is 10.8 Å². The van der Waals surface area contributed by atoms with Gasteiger partial charge in [0, 0.05) is 6.61 Å². The van der Waals surface area contributed by atoms with Crippen molar-refractivity contribution in [1.29, 1.82) is 0 Å². The summed E-state index contributed by atoms with van der Waals surface area (Å²) in [5.74, 6) is 0.702. The van der Waals surface area contributed by atoms with Crippen molar-refractivity contribution in [2.75, 3.05) is 13.2 Å². The number of aromatic nitrogens is 2. The third-order valence-corrected chi connectivity index (χ3v) is 6.49. The largest absolute Gasteiger partial charge is 0.381 e. The van der Waals surface area contributed by atoms with E-state index < -0.39 is 15.3 Å². The first kappa shape index (κ1) is 15.6. The van der Waals surface area contributed by atoms with Gasteiger partial charge in [-0.1, -0.05) is 18.1 Å². The molecule has 7 nitrogen and oxygen atoms in total. The molecule has 0 radical (unpaired) electrons. The number of thiophene rings is 1. The van der Waals surface area contributed by atoms with Crippen LogP contribution in [0.4, 0.5) is 0 Å². The Hall–Kier alpha value is -1.29. The van der Waals surface area contributed by atoms with Crippen LogP contribution < -0.4 is 4.72 Å². The molecule has 22 heavy (non-hydrogen) atoms. The lowest BCUT2D eigenvalue weighted by Gasteiger charge is -2.28. The number of rotatable bonds is 5. The third kappa shape index (κ3) is 3.37. The van der Waals surface area contributed by atoms with Gasteiger partial charge in [0.2, 0.25) is 10.0 Å². The SMILES string of the molecule is CC1COCCC1S(=O)(=O)NCc1noc(-c2cccs2)n1. The van der Waals surface area contributed by atoms with Crippen LogP contribution in [0.1, 0.15) is 19.2 Å². The Balaban J connectivity index is 1.64. The van der Waals surface area contributed by atoms with Crippen molar-refractivity contribution < 1.29 is 17.7 Å². The standard InChI is InChI=1S/C13H17N3O4S2/c1-9-8-19-5-4-11(9)22(17,18)14-7-12-15-13(20-16-12)10-3-2-6-21-10/h2-3,6,9,11,14H,4-5,7-8H2,1H3. The molecule has 0 saturated carbocycles. The first-order chi connectivity index (χ1) is 10.6. The molecule has 0 spiro atoms. The molecule has 3 heterocycles. The summed E-state index contributed by atoms with van der Waals surface area (Å²) in [7, 11) is -3.42. The second-order valence-corrected chi connectivity index (χ2v) is 8.17. The molecule has 9 heteroatoms. The fourth-order valence-corrected chi connectivity index (χ4v) is 4.71. The summed E-state index contributed by atoms with van der Waals surface area (Å²) in [6.45, 7) is 2.85. The Labute approximate surface area is 132 Å². The fraction of sp³-hybridized carbons (Fsp3) is 0.538. The number of hydrogen-bond acceptors (Lipinski definition) is 7. The zero-order chi connectivity index (χ0) is 15.6. The van der Waals surface area contributed by atoms with Crippen LogP contribution in [-0.4, -0.2) is 37.0 Å². The van der Waals surface area contributed by atoms with Crippen molar-refractivity contribution in [3.05, 3.63) is 23.3 Å². The van der Waals surface area contributed by atoms with E-state index in [1.807, 2.05) is 24.4 Å². The van der Waals surface area contributed by atoms with Crippen molar-refractivity contribution in [2.45, 2.75) is 25.1 Å². The molecule has 0 amide bonds. The summed E-state index contributed by atoms with van der Waals surface area (Å²) in [4.78, 5) is 5.06. The van der Waals surface area contributed by atoms with Gasteiger partial charge < -0.3 is 9.26 Å². The average molecular weight is 343 g/mol. The molecule has 1 aliphatic rings. The van der Waals surface area contributed by atoms with Gasteiger partial charge in [0.15, 0.2) is 5.82 Å². The minimum Gasteiger partial charge on any atom is -0.381 e. The van der Waals surface area contributed by atoms with Crippen LogP contribution in [0.5, 0.6) is 0 Å². The molecule has 1 saturated heterocycles. The summed E-state index contributed by atoms with van der Waals surface area (Å²) >= 11 is 1.49. The van der Waals surface area contributed by atoms with Gasteiger partial charge in [0.1, 0.15) is 0 Å². The van der Waals surface area contributed by atoms with Crippen LogP contribution >= 0.6 is 11.3 Å². The highest BCUT2D eigenvalue weighted by Crippen LogP contribution is 2.23. The Kier molecular flexibility index (Phi) is 4.57. The Bertz CT molecular complexity index is 711. The van der Waals surface area contributed by atoms with E-state index in [1.165, 1.54) is 11.3 Å². The summed E-state index contributed by atoms with van der Waals surface area (Å²) < 4.78 is 37.7. The van der Waals surface area contributed by atoms with E-state index in [-0.39, 0.29) is 12.5 Å². The first-order valence-electron chi connectivity index (χ1n) is 6.99. The third-order valence-electron chi connectivity index (χ3n) is 3.59. The Morgan fingerprint density at radius 1 is 1.50 bits per heavy atom. The van der Waals surface area contributed by atoms with Gasteiger partial charge >= 0.3 is 0 Å². The molecular formula is C13H17N3O4S2. The maximum Gasteiger partial charge on any atom is 0.268 e. The monoisotopic (exact) mass is 343 g/mol. The summed E-state index contributed by atoms with van der Waals surface area (Å²) in [5, 5.41) is 5.28. The smallest absolute Gasteiger partial charge is 0.268 e. The van der Waals surface area contributed by atoms with E-state index in [2.05, 4.69) is 14.9 Å². The van der Waals surface area contributed by atoms with Crippen LogP contribution in [0.15, 0.2) is 22.0 Å². The van der Waals surface area contributed by atoms with Crippen LogP contribution in [0, 0.1) is 5.92 Å². The maximum absolute atomic E-state index is 12.4. The highest BCUT2D eigenvalue weighted by atomic mass is 32.2. The molecular weight excluding hydrogens is 326 g/mol. The van der Waals surface area contributed by atoms with Gasteiger partial charge in [-0.05, 0) is 23.8 Å². The van der Waals surface area contributed by atoms with Crippen molar-refractivity contribution in [1.82, 2.24) is 14.9 Å². The lowest BCUT2D eigenvalue weighted by atomic mass is 10.0. The summed E-state index contributed by atoms with van der Waals surface area (Å²) in [6.07, 6.45) is 0.503. The van der Waals surface area contributed by atoms with E-state index >= 15 is 0 Å². The highest BCUT2D eigenvalue weighted by Gasteiger charge is 2.33. The molecule has 0 bridgehead atoms. The number of nitrogens with zero attached hydrogens (tertiary/aromatic N) is 2. The zero-order valence-electron chi connectivity index (χ0n) is 12.1. The van der Waals surface area contributed by atoms with E-state index in [0.717, 1.165) is 4.88 Å². The second-order valence-electron chi connectivity index (χ2n) is 5.24. The molecule has 2 atom stereocenters. The van der Waals surface area contributed by atoms with E-state index in [0.29, 0.717) is 31.3 Å². The molecule has 0 aromatic carbocycles. The van der Waals surface area contributed by atoms with Gasteiger partial charge in [0.25, 0.3) is 5.89 Å². The van der Waals surface area contributed by atoms with E-state index in [1.54, 1.807) is 0 Å². The molecule has 2 unspecified atom stereocenters. The number of sulfonamides is 1. The molecule has 3 rings (SSSR count). The van der Waals surface area contributed by atoms with Gasteiger partial charge in [0.05, 0.1) is 23.3 Å². The predicted octanol–water partition coefficient (Wildman–Crippen LogP) is 1.64.